The van der Waals surface area contributed by atoms with E-state index in [4.69, 9.17) is 16.3 Å². The van der Waals surface area contributed by atoms with Gasteiger partial charge in [0.2, 0.25) is 0 Å². The van der Waals surface area contributed by atoms with Crippen LogP contribution in [-0.2, 0) is 10.1 Å². The van der Waals surface area contributed by atoms with Crippen LogP contribution in [0.4, 0.5) is 8.78 Å². The molecular weight excluding hydrogens is 386 g/mol. The van der Waals surface area contributed by atoms with Crippen LogP contribution in [-0.4, -0.2) is 51.7 Å². The number of morpholine rings is 1. The lowest BCUT2D eigenvalue weighted by molar-refractivity contribution is 0.0298. The van der Waals surface area contributed by atoms with E-state index in [2.05, 4.69) is 10.1 Å². The second-order valence-electron chi connectivity index (χ2n) is 5.71. The summed E-state index contributed by atoms with van der Waals surface area (Å²) in [6.45, 7) is 1.73. The fourth-order valence-corrected chi connectivity index (χ4v) is 3.58. The summed E-state index contributed by atoms with van der Waals surface area (Å²) in [5, 5.41) is 2.21. The average Bonchev–Trinajstić information content (AvgIpc) is 3.29. The molecule has 0 spiro atoms. The maximum absolute atomic E-state index is 13.9. The van der Waals surface area contributed by atoms with E-state index in [0.717, 1.165) is 9.39 Å². The Morgan fingerprint density at radius 2 is 2.08 bits per heavy atom. The van der Waals surface area contributed by atoms with Gasteiger partial charge in [0.05, 0.1) is 23.8 Å². The van der Waals surface area contributed by atoms with Gasteiger partial charge in [0.25, 0.3) is 5.91 Å². The molecule has 0 N–H and O–H groups in total. The lowest BCUT2D eigenvalue weighted by Gasteiger charge is -2.25. The number of aromatic nitrogens is 3. The quantitative estimate of drug-likeness (QED) is 0.636. The Morgan fingerprint density at radius 1 is 1.31 bits per heavy atom. The molecule has 4 heterocycles. The molecule has 3 aromatic heterocycles. The molecule has 1 aliphatic rings. The van der Waals surface area contributed by atoms with Gasteiger partial charge >= 0.3 is 5.38 Å². The molecule has 136 valence electrons. The maximum Gasteiger partial charge on any atom is 0.364 e. The predicted molar refractivity (Wildman–Crippen MR) is 92.8 cm³/mol. The monoisotopic (exact) mass is 398 g/mol. The maximum atomic E-state index is 13.9. The molecule has 1 saturated heterocycles. The van der Waals surface area contributed by atoms with Crippen molar-refractivity contribution < 1.29 is 18.3 Å². The van der Waals surface area contributed by atoms with E-state index >= 15 is 0 Å². The number of rotatable bonds is 3. The zero-order valence-electron chi connectivity index (χ0n) is 13.4. The molecule has 1 amide bonds. The highest BCUT2D eigenvalue weighted by Gasteiger charge is 2.33. The van der Waals surface area contributed by atoms with Crippen LogP contribution < -0.4 is 0 Å². The highest BCUT2D eigenvalue weighted by molar-refractivity contribution is 7.13. The average molecular weight is 399 g/mol. The number of ether oxygens (including phenoxy) is 1. The van der Waals surface area contributed by atoms with Crippen molar-refractivity contribution in [2.24, 2.45) is 0 Å². The summed E-state index contributed by atoms with van der Waals surface area (Å²) >= 11 is 6.65. The third-order valence-corrected chi connectivity index (χ3v) is 5.09. The van der Waals surface area contributed by atoms with Crippen LogP contribution in [0.1, 0.15) is 16.2 Å². The first kappa shape index (κ1) is 17.3. The van der Waals surface area contributed by atoms with Crippen molar-refractivity contribution in [2.45, 2.75) is 5.38 Å². The van der Waals surface area contributed by atoms with Gasteiger partial charge in [-0.3, -0.25) is 4.79 Å². The lowest BCUT2D eigenvalue weighted by atomic mass is 10.2. The predicted octanol–water partition coefficient (Wildman–Crippen LogP) is 3.22. The largest absolute Gasteiger partial charge is 0.378 e. The van der Waals surface area contributed by atoms with Crippen molar-refractivity contribution in [2.75, 3.05) is 26.3 Å². The highest BCUT2D eigenvalue weighted by Crippen LogP contribution is 2.35. The van der Waals surface area contributed by atoms with E-state index in [1.165, 1.54) is 23.5 Å². The van der Waals surface area contributed by atoms with Gasteiger partial charge in [-0.05, 0) is 29.1 Å². The van der Waals surface area contributed by atoms with Gasteiger partial charge in [-0.2, -0.15) is 13.9 Å². The van der Waals surface area contributed by atoms with Gasteiger partial charge in [-0.25, -0.2) is 9.50 Å². The van der Waals surface area contributed by atoms with Crippen LogP contribution in [0.2, 0.25) is 0 Å². The summed E-state index contributed by atoms with van der Waals surface area (Å²) in [4.78, 5) is 19.2. The first-order valence-corrected chi connectivity index (χ1v) is 9.08. The Bertz CT molecular complexity index is 949. The zero-order chi connectivity index (χ0) is 18.3. The van der Waals surface area contributed by atoms with E-state index in [0.29, 0.717) is 32.0 Å². The van der Waals surface area contributed by atoms with Gasteiger partial charge in [-0.1, -0.05) is 6.07 Å². The molecule has 1 aliphatic heterocycles. The summed E-state index contributed by atoms with van der Waals surface area (Å²) in [5.41, 5.74) is 0.00872. The van der Waals surface area contributed by atoms with Crippen LogP contribution in [0.5, 0.6) is 0 Å². The molecule has 0 aromatic carbocycles. The van der Waals surface area contributed by atoms with E-state index < -0.39 is 11.1 Å². The number of fused-ring (bicyclic) bond motifs is 1. The van der Waals surface area contributed by atoms with Gasteiger partial charge in [0.1, 0.15) is 5.69 Å². The van der Waals surface area contributed by atoms with Gasteiger partial charge in [-0.15, -0.1) is 11.3 Å². The molecule has 0 atom stereocenters. The molecule has 4 rings (SSSR count). The number of hydrogen-bond donors (Lipinski definition) is 0. The topological polar surface area (TPSA) is 59.7 Å². The summed E-state index contributed by atoms with van der Waals surface area (Å²) < 4.78 is 34.0. The molecule has 6 nitrogen and oxygen atoms in total. The van der Waals surface area contributed by atoms with Crippen molar-refractivity contribution in [3.8, 4) is 10.6 Å². The van der Waals surface area contributed by atoms with E-state index in [-0.39, 0.29) is 17.2 Å². The fourth-order valence-electron chi connectivity index (χ4n) is 2.76. The smallest absolute Gasteiger partial charge is 0.364 e. The summed E-state index contributed by atoms with van der Waals surface area (Å²) in [6, 6.07) is 6.17. The lowest BCUT2D eigenvalue weighted by Crippen LogP contribution is -2.40. The molecule has 26 heavy (non-hydrogen) atoms. The van der Waals surface area contributed by atoms with Crippen LogP contribution >= 0.6 is 22.9 Å². The third-order valence-electron chi connectivity index (χ3n) is 4.01. The van der Waals surface area contributed by atoms with Crippen LogP contribution in [0.3, 0.4) is 0 Å². The Labute approximate surface area is 156 Å². The minimum Gasteiger partial charge on any atom is -0.378 e. The fraction of sp³-hybridized carbons (Fsp3) is 0.312. The van der Waals surface area contributed by atoms with Gasteiger partial charge < -0.3 is 9.64 Å². The number of nitrogens with zero attached hydrogens (tertiary/aromatic N) is 4. The SMILES string of the molecule is O=C(c1cc2nc(-c3cccs3)cc(C(F)(F)Cl)n2n1)N1CCOCC1. The minimum atomic E-state index is -3.65. The Morgan fingerprint density at radius 3 is 2.73 bits per heavy atom. The molecule has 1 fully saturated rings. The second-order valence-corrected chi connectivity index (χ2v) is 7.13. The van der Waals surface area contributed by atoms with E-state index in [9.17, 15) is 13.6 Å². The second kappa shape index (κ2) is 6.57. The molecule has 3 aromatic rings. The van der Waals surface area contributed by atoms with Crippen molar-refractivity contribution in [1.29, 1.82) is 0 Å². The summed E-state index contributed by atoms with van der Waals surface area (Å²) in [7, 11) is 0. The number of hydrogen-bond acceptors (Lipinski definition) is 5. The third kappa shape index (κ3) is 3.17. The van der Waals surface area contributed by atoms with Crippen molar-refractivity contribution in [1.82, 2.24) is 19.5 Å². The normalized spacial score (nSPS) is 15.6. The van der Waals surface area contributed by atoms with Crippen molar-refractivity contribution in [3.05, 3.63) is 41.0 Å². The number of thiophene rings is 1. The Balaban J connectivity index is 1.82. The summed E-state index contributed by atoms with van der Waals surface area (Å²) in [5.74, 6) is -0.347. The van der Waals surface area contributed by atoms with Crippen LogP contribution in [0.15, 0.2) is 29.6 Å². The number of alkyl halides is 3. The molecule has 0 saturated carbocycles. The highest BCUT2D eigenvalue weighted by atomic mass is 35.5. The summed E-state index contributed by atoms with van der Waals surface area (Å²) in [6.07, 6.45) is 0. The molecule has 10 heteroatoms. The Kier molecular flexibility index (Phi) is 4.37. The number of carbonyl (C=O) groups is 1. The molecular formula is C16H13ClF2N4O2S. The van der Waals surface area contributed by atoms with Gasteiger partial charge in [0.15, 0.2) is 11.3 Å². The van der Waals surface area contributed by atoms with Crippen molar-refractivity contribution in [3.63, 3.8) is 0 Å². The van der Waals surface area contributed by atoms with Crippen molar-refractivity contribution >= 4 is 34.5 Å². The number of carbonyl (C=O) groups excluding carboxylic acids is 1. The number of halogens is 3. The first-order valence-electron chi connectivity index (χ1n) is 7.82. The first-order chi connectivity index (χ1) is 12.4. The van der Waals surface area contributed by atoms with Crippen LogP contribution in [0.25, 0.3) is 16.2 Å². The molecule has 0 aliphatic carbocycles. The Hall–Kier alpha value is -2.10. The molecule has 0 radical (unpaired) electrons. The zero-order valence-corrected chi connectivity index (χ0v) is 14.9. The van der Waals surface area contributed by atoms with E-state index in [1.807, 2.05) is 5.38 Å². The minimum absolute atomic E-state index is 0.0462. The molecule has 0 unspecified atom stereocenters. The van der Waals surface area contributed by atoms with E-state index in [1.54, 1.807) is 17.0 Å². The van der Waals surface area contributed by atoms with Crippen LogP contribution in [0, 0.1) is 0 Å². The standard InChI is InChI=1S/C16H13ClF2N4O2S/c17-16(18,19)13-8-10(12-2-1-7-26-12)20-14-9-11(21-23(13)14)15(24)22-3-5-25-6-4-22/h1-2,7-9H,3-6H2. The molecule has 0 bridgehead atoms. The number of amides is 1. The van der Waals surface area contributed by atoms with Gasteiger partial charge in [0, 0.05) is 19.2 Å².